The lowest BCUT2D eigenvalue weighted by molar-refractivity contribution is 0.669. The van der Waals surface area contributed by atoms with E-state index in [0.717, 1.165) is 39.0 Å². The average Bonchev–Trinajstić information content (AvgIpc) is 3.52. The van der Waals surface area contributed by atoms with Crippen LogP contribution in [0.2, 0.25) is 0 Å². The molecule has 0 aliphatic rings. The van der Waals surface area contributed by atoms with E-state index < -0.39 is 0 Å². The second-order valence-corrected chi connectivity index (χ2v) is 12.5. The molecular formula is C46H29NO. The average molecular weight is 612 g/mol. The molecule has 9 aromatic carbocycles. The Morgan fingerprint density at radius 2 is 1.00 bits per heavy atom. The molecule has 0 saturated carbocycles. The van der Waals surface area contributed by atoms with E-state index in [0.29, 0.717) is 0 Å². The number of para-hydroxylation sites is 2. The third-order valence-corrected chi connectivity index (χ3v) is 9.78. The SMILES string of the molecule is c1ccc(N(c2ccc(-c3cc4ccc5ccccc5c4c4ccccc34)cc2)c2cccc3c2oc2cc4ccccc4cc23)cc1. The van der Waals surface area contributed by atoms with Gasteiger partial charge in [0.25, 0.3) is 0 Å². The maximum atomic E-state index is 6.69. The van der Waals surface area contributed by atoms with Gasteiger partial charge in [-0.05, 0) is 103 Å². The summed E-state index contributed by atoms with van der Waals surface area (Å²) in [4.78, 5) is 2.30. The van der Waals surface area contributed by atoms with Gasteiger partial charge in [0, 0.05) is 22.1 Å². The van der Waals surface area contributed by atoms with Crippen LogP contribution >= 0.6 is 0 Å². The number of hydrogen-bond donors (Lipinski definition) is 0. The first-order valence-corrected chi connectivity index (χ1v) is 16.4. The molecule has 1 heterocycles. The summed E-state index contributed by atoms with van der Waals surface area (Å²) in [7, 11) is 0. The molecular weight excluding hydrogens is 583 g/mol. The molecule has 2 heteroatoms. The van der Waals surface area contributed by atoms with Crippen molar-refractivity contribution in [2.75, 3.05) is 4.90 Å². The zero-order valence-electron chi connectivity index (χ0n) is 26.1. The molecule has 10 rings (SSSR count). The molecule has 2 nitrogen and oxygen atoms in total. The molecule has 0 fully saturated rings. The van der Waals surface area contributed by atoms with Gasteiger partial charge >= 0.3 is 0 Å². The first-order chi connectivity index (χ1) is 23.8. The lowest BCUT2D eigenvalue weighted by Gasteiger charge is -2.25. The Kier molecular flexibility index (Phi) is 5.91. The van der Waals surface area contributed by atoms with E-state index in [1.807, 2.05) is 0 Å². The predicted molar refractivity (Wildman–Crippen MR) is 204 cm³/mol. The van der Waals surface area contributed by atoms with E-state index in [1.54, 1.807) is 0 Å². The minimum absolute atomic E-state index is 0.878. The highest BCUT2D eigenvalue weighted by atomic mass is 16.3. The Morgan fingerprint density at radius 3 is 1.81 bits per heavy atom. The van der Waals surface area contributed by atoms with E-state index >= 15 is 0 Å². The van der Waals surface area contributed by atoms with Crippen molar-refractivity contribution in [3.05, 3.63) is 176 Å². The Balaban J connectivity index is 1.15. The predicted octanol–water partition coefficient (Wildman–Crippen LogP) is 13.3. The van der Waals surface area contributed by atoms with E-state index in [-0.39, 0.29) is 0 Å². The minimum atomic E-state index is 0.878. The van der Waals surface area contributed by atoms with Gasteiger partial charge in [0.15, 0.2) is 5.58 Å². The molecule has 0 amide bonds. The molecule has 48 heavy (non-hydrogen) atoms. The molecule has 0 spiro atoms. The second kappa shape index (κ2) is 10.6. The molecule has 224 valence electrons. The fraction of sp³-hybridized carbons (Fsp3) is 0. The van der Waals surface area contributed by atoms with Crippen LogP contribution in [0.15, 0.2) is 180 Å². The number of rotatable bonds is 4. The maximum absolute atomic E-state index is 6.69. The first kappa shape index (κ1) is 26.8. The van der Waals surface area contributed by atoms with Crippen LogP contribution in [0, 0.1) is 0 Å². The van der Waals surface area contributed by atoms with Gasteiger partial charge < -0.3 is 9.32 Å². The first-order valence-electron chi connectivity index (χ1n) is 16.4. The van der Waals surface area contributed by atoms with Gasteiger partial charge in [-0.15, -0.1) is 0 Å². The van der Waals surface area contributed by atoms with E-state index in [1.165, 1.54) is 54.2 Å². The summed E-state index contributed by atoms with van der Waals surface area (Å²) in [5, 5.41) is 12.3. The molecule has 1 aromatic heterocycles. The summed E-state index contributed by atoms with van der Waals surface area (Å²) < 4.78 is 6.69. The zero-order valence-corrected chi connectivity index (χ0v) is 26.1. The van der Waals surface area contributed by atoms with Crippen LogP contribution < -0.4 is 4.90 Å². The van der Waals surface area contributed by atoms with Gasteiger partial charge in [0.2, 0.25) is 0 Å². The Morgan fingerprint density at radius 1 is 0.375 bits per heavy atom. The smallest absolute Gasteiger partial charge is 0.159 e. The minimum Gasteiger partial charge on any atom is -0.454 e. The van der Waals surface area contributed by atoms with E-state index in [4.69, 9.17) is 4.42 Å². The fourth-order valence-corrected chi connectivity index (χ4v) is 7.56. The lowest BCUT2D eigenvalue weighted by atomic mass is 9.91. The van der Waals surface area contributed by atoms with Crippen molar-refractivity contribution in [2.45, 2.75) is 0 Å². The summed E-state index contributed by atoms with van der Waals surface area (Å²) >= 11 is 0. The van der Waals surface area contributed by atoms with Crippen LogP contribution in [-0.2, 0) is 0 Å². The van der Waals surface area contributed by atoms with E-state index in [2.05, 4.69) is 181 Å². The van der Waals surface area contributed by atoms with Crippen molar-refractivity contribution in [3.8, 4) is 11.1 Å². The number of hydrogen-bond acceptors (Lipinski definition) is 2. The quantitative estimate of drug-likeness (QED) is 0.184. The van der Waals surface area contributed by atoms with Crippen molar-refractivity contribution in [1.82, 2.24) is 0 Å². The van der Waals surface area contributed by atoms with Gasteiger partial charge in [0.05, 0.1) is 5.69 Å². The van der Waals surface area contributed by atoms with Crippen molar-refractivity contribution in [2.24, 2.45) is 0 Å². The zero-order chi connectivity index (χ0) is 31.6. The summed E-state index contributed by atoms with van der Waals surface area (Å²) in [5.74, 6) is 0. The third-order valence-electron chi connectivity index (χ3n) is 9.78. The summed E-state index contributed by atoms with van der Waals surface area (Å²) in [5.41, 5.74) is 7.35. The Hall–Kier alpha value is -6.38. The Bertz CT molecular complexity index is 2830. The maximum Gasteiger partial charge on any atom is 0.159 e. The van der Waals surface area contributed by atoms with Crippen LogP contribution in [0.25, 0.3) is 76.2 Å². The van der Waals surface area contributed by atoms with Crippen LogP contribution in [0.4, 0.5) is 17.1 Å². The summed E-state index contributed by atoms with van der Waals surface area (Å²) in [6.07, 6.45) is 0. The number of furan rings is 1. The van der Waals surface area contributed by atoms with Crippen LogP contribution in [0.1, 0.15) is 0 Å². The molecule has 0 bridgehead atoms. The normalized spacial score (nSPS) is 11.8. The highest BCUT2D eigenvalue weighted by Crippen LogP contribution is 2.44. The van der Waals surface area contributed by atoms with Crippen LogP contribution in [0.5, 0.6) is 0 Å². The molecule has 0 radical (unpaired) electrons. The molecule has 0 unspecified atom stereocenters. The number of anilines is 3. The van der Waals surface area contributed by atoms with Gasteiger partial charge in [0.1, 0.15) is 5.58 Å². The van der Waals surface area contributed by atoms with Crippen molar-refractivity contribution in [1.29, 1.82) is 0 Å². The number of fused-ring (bicyclic) bond motifs is 9. The van der Waals surface area contributed by atoms with E-state index in [9.17, 15) is 0 Å². The number of nitrogens with zero attached hydrogens (tertiary/aromatic N) is 1. The molecule has 0 N–H and O–H groups in total. The van der Waals surface area contributed by atoms with Gasteiger partial charge in [-0.3, -0.25) is 0 Å². The second-order valence-electron chi connectivity index (χ2n) is 12.5. The Labute approximate surface area is 277 Å². The molecule has 0 atom stereocenters. The highest BCUT2D eigenvalue weighted by Gasteiger charge is 2.20. The van der Waals surface area contributed by atoms with Crippen molar-refractivity contribution in [3.63, 3.8) is 0 Å². The summed E-state index contributed by atoms with van der Waals surface area (Å²) in [6, 6.07) is 63.2. The lowest BCUT2D eigenvalue weighted by Crippen LogP contribution is -2.10. The largest absolute Gasteiger partial charge is 0.454 e. The standard InChI is InChI=1S/C46H29NO/c1-2-14-35(15-3-1)47(43-20-10-19-40-42-27-32-12-4-5-13-33(32)29-44(42)48-46(40)43)36-25-23-31(24-26-36)41-28-34-22-21-30-11-6-7-16-37(30)45(34)39-18-9-8-17-38(39)41/h1-29H. The fourth-order valence-electron chi connectivity index (χ4n) is 7.56. The van der Waals surface area contributed by atoms with Crippen LogP contribution in [0.3, 0.4) is 0 Å². The molecule has 10 aromatic rings. The highest BCUT2D eigenvalue weighted by molar-refractivity contribution is 6.23. The van der Waals surface area contributed by atoms with Crippen molar-refractivity contribution >= 4 is 82.1 Å². The molecule has 0 saturated heterocycles. The van der Waals surface area contributed by atoms with Gasteiger partial charge in [-0.25, -0.2) is 0 Å². The monoisotopic (exact) mass is 611 g/mol. The van der Waals surface area contributed by atoms with Gasteiger partial charge in [-0.2, -0.15) is 0 Å². The topological polar surface area (TPSA) is 16.4 Å². The third kappa shape index (κ3) is 4.13. The summed E-state index contributed by atoms with van der Waals surface area (Å²) in [6.45, 7) is 0. The molecule has 0 aliphatic carbocycles. The van der Waals surface area contributed by atoms with Crippen LogP contribution in [-0.4, -0.2) is 0 Å². The van der Waals surface area contributed by atoms with Gasteiger partial charge in [-0.1, -0.05) is 127 Å². The number of benzene rings is 9. The molecule has 0 aliphatic heterocycles. The van der Waals surface area contributed by atoms with Crippen molar-refractivity contribution < 1.29 is 4.42 Å².